The predicted molar refractivity (Wildman–Crippen MR) is 86.5 cm³/mol. The van der Waals surface area contributed by atoms with Crippen molar-refractivity contribution >= 4 is 0 Å². The van der Waals surface area contributed by atoms with Crippen LogP contribution in [0.15, 0.2) is 54.3 Å². The Morgan fingerprint density at radius 3 is 2.77 bits per heavy atom. The average Bonchev–Trinajstić information content (AvgIpc) is 3.33. The Hall–Kier alpha value is -1.58. The average molecular weight is 300 g/mol. The van der Waals surface area contributed by atoms with Gasteiger partial charge in [-0.3, -0.25) is 0 Å². The van der Waals surface area contributed by atoms with E-state index in [1.54, 1.807) is 7.11 Å². The number of rotatable bonds is 6. The van der Waals surface area contributed by atoms with Gasteiger partial charge in [0.2, 0.25) is 0 Å². The molecule has 2 unspecified atom stereocenters. The molecular formula is C19H24O3. The highest BCUT2D eigenvalue weighted by Crippen LogP contribution is 2.48. The standard InChI is InChI=1S/C19H24O3/c1-21-17-11-13-19(15-22-19)18(20,14-17)12-7-3-6-10-16-8-4-2-5-9-16/h2,4-5,7-9,12,14,20H,3,6,10-11,13,15H2,1H3/b12-7+. The zero-order valence-electron chi connectivity index (χ0n) is 13.1. The van der Waals surface area contributed by atoms with Crippen LogP contribution in [0.2, 0.25) is 0 Å². The number of hydrogen-bond acceptors (Lipinski definition) is 3. The lowest BCUT2D eigenvalue weighted by Gasteiger charge is -2.33. The zero-order chi connectivity index (χ0) is 15.5. The summed E-state index contributed by atoms with van der Waals surface area (Å²) in [7, 11) is 1.65. The Bertz CT molecular complexity index is 557. The van der Waals surface area contributed by atoms with Crippen molar-refractivity contribution in [2.24, 2.45) is 0 Å². The number of ether oxygens (including phenoxy) is 2. The summed E-state index contributed by atoms with van der Waals surface area (Å²) >= 11 is 0. The minimum atomic E-state index is -1.02. The first-order valence-electron chi connectivity index (χ1n) is 8.01. The maximum Gasteiger partial charge on any atom is 0.135 e. The molecule has 1 heterocycles. The van der Waals surface area contributed by atoms with Crippen molar-refractivity contribution in [1.29, 1.82) is 0 Å². The van der Waals surface area contributed by atoms with E-state index in [9.17, 15) is 5.11 Å². The Kier molecular flexibility index (Phi) is 4.37. The third-order valence-corrected chi connectivity index (χ3v) is 4.69. The summed E-state index contributed by atoms with van der Waals surface area (Å²) in [6.07, 6.45) is 10.5. The molecule has 1 aromatic rings. The molecule has 1 fully saturated rings. The highest BCUT2D eigenvalue weighted by molar-refractivity contribution is 5.32. The maximum absolute atomic E-state index is 10.9. The molecule has 118 valence electrons. The summed E-state index contributed by atoms with van der Waals surface area (Å²) in [6.45, 7) is 0.630. The van der Waals surface area contributed by atoms with Crippen LogP contribution in [0.1, 0.15) is 31.2 Å². The zero-order valence-corrected chi connectivity index (χ0v) is 13.1. The first-order valence-corrected chi connectivity index (χ1v) is 8.01. The summed E-state index contributed by atoms with van der Waals surface area (Å²) in [4.78, 5) is 0. The molecule has 22 heavy (non-hydrogen) atoms. The van der Waals surface area contributed by atoms with Crippen molar-refractivity contribution in [3.63, 3.8) is 0 Å². The first-order chi connectivity index (χ1) is 10.7. The molecule has 1 saturated heterocycles. The fourth-order valence-corrected chi connectivity index (χ4v) is 3.13. The van der Waals surface area contributed by atoms with Crippen LogP contribution >= 0.6 is 0 Å². The largest absolute Gasteiger partial charge is 0.501 e. The molecule has 2 aliphatic rings. The highest BCUT2D eigenvalue weighted by Gasteiger charge is 2.60. The van der Waals surface area contributed by atoms with Gasteiger partial charge in [-0.05, 0) is 37.3 Å². The molecule has 1 spiro atoms. The molecule has 1 aliphatic carbocycles. The van der Waals surface area contributed by atoms with Crippen LogP contribution < -0.4 is 0 Å². The van der Waals surface area contributed by atoms with E-state index in [1.165, 1.54) is 5.56 Å². The summed E-state index contributed by atoms with van der Waals surface area (Å²) < 4.78 is 10.9. The van der Waals surface area contributed by atoms with Gasteiger partial charge in [0.15, 0.2) is 0 Å². The predicted octanol–water partition coefficient (Wildman–Crippen LogP) is 3.39. The Labute approximate surface area is 132 Å². The minimum Gasteiger partial charge on any atom is -0.501 e. The number of benzene rings is 1. The van der Waals surface area contributed by atoms with Crippen LogP contribution in [-0.4, -0.2) is 30.0 Å². The van der Waals surface area contributed by atoms with E-state index in [1.807, 2.05) is 18.2 Å². The van der Waals surface area contributed by atoms with E-state index in [-0.39, 0.29) is 0 Å². The lowest BCUT2D eigenvalue weighted by Crippen LogP contribution is -2.44. The number of hydrogen-bond donors (Lipinski definition) is 1. The first kappa shape index (κ1) is 15.3. The Morgan fingerprint density at radius 1 is 1.32 bits per heavy atom. The highest BCUT2D eigenvalue weighted by atomic mass is 16.6. The van der Waals surface area contributed by atoms with Gasteiger partial charge in [-0.1, -0.05) is 42.5 Å². The fourth-order valence-electron chi connectivity index (χ4n) is 3.13. The maximum atomic E-state index is 10.9. The number of allylic oxidation sites excluding steroid dienone is 2. The van der Waals surface area contributed by atoms with Crippen molar-refractivity contribution in [2.45, 2.75) is 43.3 Å². The molecule has 1 aromatic carbocycles. The van der Waals surface area contributed by atoms with E-state index < -0.39 is 11.2 Å². The second-order valence-electron chi connectivity index (χ2n) is 6.20. The summed E-state index contributed by atoms with van der Waals surface area (Å²) in [5.41, 5.74) is -0.0790. The molecule has 1 aliphatic heterocycles. The molecule has 0 radical (unpaired) electrons. The molecule has 0 aromatic heterocycles. The molecule has 3 nitrogen and oxygen atoms in total. The number of unbranched alkanes of at least 4 members (excludes halogenated alkanes) is 1. The SMILES string of the molecule is COC1=CC(O)(/C=C/CCCc2ccccc2)C2(CC1)CO2. The van der Waals surface area contributed by atoms with Crippen molar-refractivity contribution in [3.8, 4) is 0 Å². The van der Waals surface area contributed by atoms with Crippen LogP contribution in [0.25, 0.3) is 0 Å². The molecule has 0 bridgehead atoms. The van der Waals surface area contributed by atoms with Gasteiger partial charge in [0.1, 0.15) is 11.2 Å². The topological polar surface area (TPSA) is 42.0 Å². The van der Waals surface area contributed by atoms with Gasteiger partial charge in [-0.15, -0.1) is 0 Å². The molecule has 1 N–H and O–H groups in total. The van der Waals surface area contributed by atoms with Crippen LogP contribution in [-0.2, 0) is 15.9 Å². The van der Waals surface area contributed by atoms with E-state index in [4.69, 9.17) is 9.47 Å². The van der Waals surface area contributed by atoms with Crippen molar-refractivity contribution in [2.75, 3.05) is 13.7 Å². The van der Waals surface area contributed by atoms with Crippen LogP contribution in [0.4, 0.5) is 0 Å². The third-order valence-electron chi connectivity index (χ3n) is 4.69. The summed E-state index contributed by atoms with van der Waals surface area (Å²) in [5, 5.41) is 10.9. The van der Waals surface area contributed by atoms with Crippen LogP contribution in [0.5, 0.6) is 0 Å². The Morgan fingerprint density at radius 2 is 2.09 bits per heavy atom. The lowest BCUT2D eigenvalue weighted by atomic mass is 9.79. The molecule has 0 saturated carbocycles. The number of epoxide rings is 1. The van der Waals surface area contributed by atoms with Gasteiger partial charge in [0.05, 0.1) is 19.5 Å². The van der Waals surface area contributed by atoms with E-state index in [0.717, 1.165) is 37.9 Å². The monoisotopic (exact) mass is 300 g/mol. The van der Waals surface area contributed by atoms with Gasteiger partial charge in [-0.2, -0.15) is 0 Å². The molecule has 3 rings (SSSR count). The quantitative estimate of drug-likeness (QED) is 0.497. The van der Waals surface area contributed by atoms with E-state index in [0.29, 0.717) is 6.61 Å². The number of methoxy groups -OCH3 is 1. The fraction of sp³-hybridized carbons (Fsp3) is 0.474. The summed E-state index contributed by atoms with van der Waals surface area (Å²) in [6, 6.07) is 10.5. The summed E-state index contributed by atoms with van der Waals surface area (Å²) in [5.74, 6) is 0.845. The van der Waals surface area contributed by atoms with Crippen molar-refractivity contribution < 1.29 is 14.6 Å². The van der Waals surface area contributed by atoms with Crippen LogP contribution in [0.3, 0.4) is 0 Å². The molecule has 0 amide bonds. The van der Waals surface area contributed by atoms with Crippen LogP contribution in [0, 0.1) is 0 Å². The normalized spacial score (nSPS) is 30.5. The number of aryl methyl sites for hydroxylation is 1. The van der Waals surface area contributed by atoms with Crippen molar-refractivity contribution in [1.82, 2.24) is 0 Å². The smallest absolute Gasteiger partial charge is 0.135 e. The molecule has 3 heteroatoms. The Balaban J connectivity index is 1.56. The number of aliphatic hydroxyl groups is 1. The lowest BCUT2D eigenvalue weighted by molar-refractivity contribution is 0.0246. The van der Waals surface area contributed by atoms with Crippen molar-refractivity contribution in [3.05, 3.63) is 59.9 Å². The second-order valence-corrected chi connectivity index (χ2v) is 6.20. The third kappa shape index (κ3) is 3.11. The van der Waals surface area contributed by atoms with Gasteiger partial charge in [-0.25, -0.2) is 0 Å². The van der Waals surface area contributed by atoms with E-state index >= 15 is 0 Å². The van der Waals surface area contributed by atoms with Gasteiger partial charge in [0.25, 0.3) is 0 Å². The van der Waals surface area contributed by atoms with E-state index in [2.05, 4.69) is 30.3 Å². The minimum absolute atomic E-state index is 0.412. The molecular weight excluding hydrogens is 276 g/mol. The second kappa shape index (κ2) is 6.27. The molecule has 2 atom stereocenters. The van der Waals surface area contributed by atoms with Gasteiger partial charge < -0.3 is 14.6 Å². The van der Waals surface area contributed by atoms with Gasteiger partial charge in [0, 0.05) is 6.42 Å². The van der Waals surface area contributed by atoms with Gasteiger partial charge >= 0.3 is 0 Å².